The molecule has 1 atom stereocenters. The van der Waals surface area contributed by atoms with E-state index >= 15 is 0 Å². The number of amides is 1. The van der Waals surface area contributed by atoms with E-state index in [0.717, 1.165) is 0 Å². The standard InChI is InChI=1S/C22H25FN6O4/c1-12(31)6-7-29-16-8-13(23)4-5-14(16)18(28-29)15-9-24-20-19(26-15)17(10-25-20)33-21(32)27-22(2,3)11-30/h4-5,8-10,12,30-31H,6-7,11H2,1-3H3,(H,24,25)(H,27,32). The summed E-state index contributed by atoms with van der Waals surface area (Å²) < 4.78 is 20.9. The number of H-pyrrole nitrogens is 1. The minimum atomic E-state index is -0.854. The van der Waals surface area contributed by atoms with Gasteiger partial charge < -0.3 is 25.3 Å². The largest absolute Gasteiger partial charge is 0.413 e. The maximum absolute atomic E-state index is 13.9. The van der Waals surface area contributed by atoms with Crippen LogP contribution in [0.15, 0.2) is 30.6 Å². The normalized spacial score (nSPS) is 12.9. The van der Waals surface area contributed by atoms with Crippen LogP contribution in [0, 0.1) is 5.82 Å². The van der Waals surface area contributed by atoms with Crippen molar-refractivity contribution in [1.29, 1.82) is 0 Å². The van der Waals surface area contributed by atoms with Gasteiger partial charge in [0.15, 0.2) is 16.9 Å². The monoisotopic (exact) mass is 456 g/mol. The SMILES string of the molecule is CC(O)CCn1nc(-c2cnc3[nH]cc(OC(=O)NC(C)(C)CO)c3n2)c2ccc(F)cc21. The van der Waals surface area contributed by atoms with Crippen LogP contribution in [-0.2, 0) is 6.54 Å². The number of hydrogen-bond donors (Lipinski definition) is 4. The molecule has 3 aromatic heterocycles. The van der Waals surface area contributed by atoms with E-state index in [1.807, 2.05) is 0 Å². The van der Waals surface area contributed by atoms with Gasteiger partial charge in [0, 0.05) is 18.1 Å². The van der Waals surface area contributed by atoms with E-state index in [0.29, 0.717) is 46.4 Å². The van der Waals surface area contributed by atoms with Gasteiger partial charge in [-0.2, -0.15) is 5.10 Å². The maximum Gasteiger partial charge on any atom is 0.413 e. The number of aliphatic hydroxyl groups is 2. The molecule has 10 nitrogen and oxygen atoms in total. The fraction of sp³-hybridized carbons (Fsp3) is 0.364. The maximum atomic E-state index is 13.9. The zero-order valence-corrected chi connectivity index (χ0v) is 18.5. The van der Waals surface area contributed by atoms with Crippen molar-refractivity contribution in [3.8, 4) is 17.1 Å². The molecule has 1 aromatic carbocycles. The van der Waals surface area contributed by atoms with E-state index < -0.39 is 23.6 Å². The highest BCUT2D eigenvalue weighted by molar-refractivity contribution is 5.93. The van der Waals surface area contributed by atoms with Crippen molar-refractivity contribution in [1.82, 2.24) is 30.0 Å². The number of rotatable bonds is 7. The molecule has 4 aromatic rings. The molecule has 174 valence electrons. The third-order valence-corrected chi connectivity index (χ3v) is 5.10. The van der Waals surface area contributed by atoms with Crippen LogP contribution in [0.2, 0.25) is 0 Å². The molecule has 0 spiro atoms. The van der Waals surface area contributed by atoms with Crippen LogP contribution in [0.3, 0.4) is 0 Å². The van der Waals surface area contributed by atoms with Crippen LogP contribution >= 0.6 is 0 Å². The lowest BCUT2D eigenvalue weighted by Gasteiger charge is -2.22. The van der Waals surface area contributed by atoms with Crippen molar-refractivity contribution in [2.75, 3.05) is 6.61 Å². The van der Waals surface area contributed by atoms with Gasteiger partial charge in [-0.05, 0) is 45.4 Å². The van der Waals surface area contributed by atoms with E-state index in [1.54, 1.807) is 31.5 Å². The van der Waals surface area contributed by atoms with Crippen LogP contribution in [0.5, 0.6) is 5.75 Å². The van der Waals surface area contributed by atoms with Gasteiger partial charge in [0.1, 0.15) is 17.2 Å². The molecule has 0 saturated carbocycles. The molecule has 1 amide bonds. The number of nitrogens with one attached hydrogen (secondary N) is 2. The topological polar surface area (TPSA) is 138 Å². The molecule has 0 aliphatic rings. The van der Waals surface area contributed by atoms with Crippen LogP contribution in [0.4, 0.5) is 9.18 Å². The summed E-state index contributed by atoms with van der Waals surface area (Å²) in [5.41, 5.74) is 1.35. The van der Waals surface area contributed by atoms with Crippen LogP contribution in [0.25, 0.3) is 33.5 Å². The van der Waals surface area contributed by atoms with Gasteiger partial charge >= 0.3 is 6.09 Å². The Bertz CT molecular complexity index is 1310. The van der Waals surface area contributed by atoms with Gasteiger partial charge in [-0.15, -0.1) is 0 Å². The zero-order chi connectivity index (χ0) is 23.8. The van der Waals surface area contributed by atoms with Crippen molar-refractivity contribution in [2.24, 2.45) is 0 Å². The fourth-order valence-corrected chi connectivity index (χ4v) is 3.32. The molecule has 11 heteroatoms. The summed E-state index contributed by atoms with van der Waals surface area (Å²) in [7, 11) is 0. The molecular weight excluding hydrogens is 431 g/mol. The molecule has 4 N–H and O–H groups in total. The lowest BCUT2D eigenvalue weighted by molar-refractivity contribution is 0.159. The first-order chi connectivity index (χ1) is 15.7. The van der Waals surface area contributed by atoms with E-state index in [2.05, 4.69) is 25.4 Å². The summed E-state index contributed by atoms with van der Waals surface area (Å²) in [6.07, 6.45) is 2.17. The van der Waals surface area contributed by atoms with Gasteiger partial charge in [0.25, 0.3) is 0 Å². The van der Waals surface area contributed by atoms with Crippen molar-refractivity contribution in [3.63, 3.8) is 0 Å². The number of aromatic amines is 1. The Morgan fingerprint density at radius 1 is 1.39 bits per heavy atom. The van der Waals surface area contributed by atoms with E-state index in [1.165, 1.54) is 24.5 Å². The second-order valence-corrected chi connectivity index (χ2v) is 8.53. The quantitative estimate of drug-likeness (QED) is 0.335. The Labute approximate surface area is 188 Å². The van der Waals surface area contributed by atoms with Gasteiger partial charge in [0.05, 0.1) is 30.0 Å². The number of nitrogens with zero attached hydrogens (tertiary/aromatic N) is 4. The molecule has 0 aliphatic heterocycles. The van der Waals surface area contributed by atoms with E-state index in [9.17, 15) is 19.4 Å². The first-order valence-corrected chi connectivity index (χ1v) is 10.5. The van der Waals surface area contributed by atoms with Gasteiger partial charge in [-0.1, -0.05) is 0 Å². The third kappa shape index (κ3) is 4.78. The third-order valence-electron chi connectivity index (χ3n) is 5.10. The van der Waals surface area contributed by atoms with Crippen molar-refractivity contribution in [3.05, 3.63) is 36.4 Å². The highest BCUT2D eigenvalue weighted by Crippen LogP contribution is 2.30. The number of fused-ring (bicyclic) bond motifs is 2. The number of halogens is 1. The average molecular weight is 456 g/mol. The molecule has 4 rings (SSSR count). The smallest absolute Gasteiger partial charge is 0.406 e. The van der Waals surface area contributed by atoms with Gasteiger partial charge in [-0.25, -0.2) is 19.2 Å². The van der Waals surface area contributed by atoms with Gasteiger partial charge in [0.2, 0.25) is 0 Å². The van der Waals surface area contributed by atoms with E-state index in [-0.39, 0.29) is 12.4 Å². The lowest BCUT2D eigenvalue weighted by atomic mass is 10.1. The number of aryl methyl sites for hydroxylation is 1. The first-order valence-electron chi connectivity index (χ1n) is 10.5. The number of aliphatic hydroxyl groups excluding tert-OH is 2. The van der Waals surface area contributed by atoms with Crippen molar-refractivity contribution in [2.45, 2.75) is 45.4 Å². The molecular formula is C22H25FN6O4. The predicted octanol–water partition coefficient (Wildman–Crippen LogP) is 2.74. The highest BCUT2D eigenvalue weighted by Gasteiger charge is 2.22. The summed E-state index contributed by atoms with van der Waals surface area (Å²) in [5.74, 6) is -0.235. The Kier molecular flexibility index (Phi) is 6.00. The molecule has 0 fully saturated rings. The number of aromatic nitrogens is 5. The minimum absolute atomic E-state index is 0.162. The second-order valence-electron chi connectivity index (χ2n) is 8.53. The number of carbonyl (C=O) groups excluding carboxylic acids is 1. The Hall–Kier alpha value is -3.57. The Morgan fingerprint density at radius 3 is 2.91 bits per heavy atom. The Morgan fingerprint density at radius 2 is 2.18 bits per heavy atom. The summed E-state index contributed by atoms with van der Waals surface area (Å²) >= 11 is 0. The number of ether oxygens (including phenoxy) is 1. The number of hydrogen-bond acceptors (Lipinski definition) is 7. The molecule has 3 heterocycles. The zero-order valence-electron chi connectivity index (χ0n) is 18.5. The first kappa shape index (κ1) is 22.6. The summed E-state index contributed by atoms with van der Waals surface area (Å²) in [6, 6.07) is 4.35. The summed E-state index contributed by atoms with van der Waals surface area (Å²) in [5, 5.41) is 26.8. The Balaban J connectivity index is 1.72. The molecule has 1 unspecified atom stereocenters. The summed E-state index contributed by atoms with van der Waals surface area (Å²) in [4.78, 5) is 24.1. The predicted molar refractivity (Wildman–Crippen MR) is 119 cm³/mol. The minimum Gasteiger partial charge on any atom is -0.406 e. The second kappa shape index (κ2) is 8.75. The fourth-order valence-electron chi connectivity index (χ4n) is 3.32. The summed E-state index contributed by atoms with van der Waals surface area (Å²) in [6.45, 7) is 5.13. The van der Waals surface area contributed by atoms with Crippen LogP contribution in [-0.4, -0.2) is 59.3 Å². The molecule has 0 radical (unpaired) electrons. The van der Waals surface area contributed by atoms with Gasteiger partial charge in [-0.3, -0.25) is 4.68 Å². The molecule has 0 saturated heterocycles. The van der Waals surface area contributed by atoms with Crippen LogP contribution < -0.4 is 10.1 Å². The van der Waals surface area contributed by atoms with Crippen LogP contribution in [0.1, 0.15) is 27.2 Å². The number of carbonyl (C=O) groups is 1. The molecule has 0 aliphatic carbocycles. The highest BCUT2D eigenvalue weighted by atomic mass is 19.1. The molecule has 33 heavy (non-hydrogen) atoms. The van der Waals surface area contributed by atoms with Crippen molar-refractivity contribution >= 4 is 28.2 Å². The van der Waals surface area contributed by atoms with E-state index in [4.69, 9.17) is 4.74 Å². The lowest BCUT2D eigenvalue weighted by Crippen LogP contribution is -2.47. The molecule has 0 bridgehead atoms. The average Bonchev–Trinajstić information content (AvgIpc) is 3.32. The van der Waals surface area contributed by atoms with Crippen molar-refractivity contribution < 1.29 is 24.1 Å². The number of benzene rings is 1.